The molecular weight excluding hydrogens is 251 g/mol. The van der Waals surface area contributed by atoms with Crippen LogP contribution in [-0.2, 0) is 19.4 Å². The minimum atomic E-state index is -0.184. The lowest BCUT2D eigenvalue weighted by Gasteiger charge is -2.10. The summed E-state index contributed by atoms with van der Waals surface area (Å²) in [5, 5.41) is 3.25. The average Bonchev–Trinajstić information content (AvgIpc) is 2.48. The van der Waals surface area contributed by atoms with E-state index < -0.39 is 0 Å². The maximum atomic E-state index is 13.4. The van der Waals surface area contributed by atoms with Crippen molar-refractivity contribution in [2.45, 2.75) is 33.2 Å². The first-order chi connectivity index (χ1) is 9.72. The SMILES string of the molecule is CCNCc1cc(F)ccc1Cc1ccc(CC)cn1. The second kappa shape index (κ2) is 7.15. The number of hydrogen-bond acceptors (Lipinski definition) is 2. The largest absolute Gasteiger partial charge is 0.313 e. The van der Waals surface area contributed by atoms with Crippen LogP contribution in [0, 0.1) is 5.82 Å². The van der Waals surface area contributed by atoms with Crippen LogP contribution in [0.25, 0.3) is 0 Å². The van der Waals surface area contributed by atoms with E-state index in [9.17, 15) is 4.39 Å². The van der Waals surface area contributed by atoms with Crippen LogP contribution in [0.4, 0.5) is 4.39 Å². The Morgan fingerprint density at radius 2 is 1.95 bits per heavy atom. The first-order valence-corrected chi connectivity index (χ1v) is 7.14. The summed E-state index contributed by atoms with van der Waals surface area (Å²) in [5.74, 6) is -0.184. The Bertz CT molecular complexity index is 549. The van der Waals surface area contributed by atoms with Gasteiger partial charge < -0.3 is 5.32 Å². The number of benzene rings is 1. The zero-order chi connectivity index (χ0) is 14.4. The molecule has 0 amide bonds. The van der Waals surface area contributed by atoms with Gasteiger partial charge >= 0.3 is 0 Å². The highest BCUT2D eigenvalue weighted by molar-refractivity contribution is 5.32. The topological polar surface area (TPSA) is 24.9 Å². The fourth-order valence-corrected chi connectivity index (χ4v) is 2.16. The first kappa shape index (κ1) is 14.7. The molecule has 2 rings (SSSR count). The summed E-state index contributed by atoms with van der Waals surface area (Å²) in [7, 11) is 0. The molecule has 0 unspecified atom stereocenters. The fraction of sp³-hybridized carbons (Fsp3) is 0.353. The molecule has 20 heavy (non-hydrogen) atoms. The molecule has 0 bridgehead atoms. The summed E-state index contributed by atoms with van der Waals surface area (Å²) in [6, 6.07) is 9.15. The fourth-order valence-electron chi connectivity index (χ4n) is 2.16. The molecule has 0 saturated carbocycles. The number of nitrogens with one attached hydrogen (secondary N) is 1. The number of aromatic nitrogens is 1. The highest BCUT2D eigenvalue weighted by atomic mass is 19.1. The quantitative estimate of drug-likeness (QED) is 0.870. The van der Waals surface area contributed by atoms with Gasteiger partial charge in [0, 0.05) is 24.9 Å². The standard InChI is InChI=1S/C17H21FN2/c1-3-13-5-8-17(20-11-13)10-14-6-7-16(18)9-15(14)12-19-4-2/h5-9,11,19H,3-4,10,12H2,1-2H3. The minimum absolute atomic E-state index is 0.184. The highest BCUT2D eigenvalue weighted by Crippen LogP contribution is 2.15. The molecule has 0 spiro atoms. The third-order valence-corrected chi connectivity index (χ3v) is 3.40. The van der Waals surface area contributed by atoms with Crippen LogP contribution in [0.5, 0.6) is 0 Å². The third-order valence-electron chi connectivity index (χ3n) is 3.40. The van der Waals surface area contributed by atoms with E-state index in [1.165, 1.54) is 11.6 Å². The van der Waals surface area contributed by atoms with Gasteiger partial charge in [-0.3, -0.25) is 4.98 Å². The molecule has 0 radical (unpaired) electrons. The summed E-state index contributed by atoms with van der Waals surface area (Å²) in [6.07, 6.45) is 3.66. The molecule has 106 valence electrons. The maximum absolute atomic E-state index is 13.4. The van der Waals surface area contributed by atoms with Gasteiger partial charge in [-0.15, -0.1) is 0 Å². The number of halogens is 1. The van der Waals surface area contributed by atoms with Crippen molar-refractivity contribution in [3.63, 3.8) is 0 Å². The van der Waals surface area contributed by atoms with Crippen molar-refractivity contribution in [2.75, 3.05) is 6.54 Å². The van der Waals surface area contributed by atoms with E-state index in [0.29, 0.717) is 6.54 Å². The molecule has 3 heteroatoms. The van der Waals surface area contributed by atoms with Crippen molar-refractivity contribution in [1.82, 2.24) is 10.3 Å². The molecule has 0 aliphatic rings. The Labute approximate surface area is 120 Å². The van der Waals surface area contributed by atoms with Crippen molar-refractivity contribution >= 4 is 0 Å². The van der Waals surface area contributed by atoms with Crippen LogP contribution in [0.2, 0.25) is 0 Å². The van der Waals surface area contributed by atoms with Crippen LogP contribution in [-0.4, -0.2) is 11.5 Å². The Balaban J connectivity index is 2.18. The van der Waals surface area contributed by atoms with Gasteiger partial charge in [-0.2, -0.15) is 0 Å². The summed E-state index contributed by atoms with van der Waals surface area (Å²) < 4.78 is 13.4. The molecule has 0 saturated heterocycles. The number of pyridine rings is 1. The van der Waals surface area contributed by atoms with E-state index in [4.69, 9.17) is 0 Å². The van der Waals surface area contributed by atoms with Crippen LogP contribution >= 0.6 is 0 Å². The van der Waals surface area contributed by atoms with E-state index in [1.54, 1.807) is 6.07 Å². The highest BCUT2D eigenvalue weighted by Gasteiger charge is 2.06. The van der Waals surface area contributed by atoms with Crippen LogP contribution < -0.4 is 5.32 Å². The molecule has 2 aromatic rings. The number of nitrogens with zero attached hydrogens (tertiary/aromatic N) is 1. The summed E-state index contributed by atoms with van der Waals surface area (Å²) in [5.41, 5.74) is 4.39. The van der Waals surface area contributed by atoms with Gasteiger partial charge in [-0.1, -0.05) is 26.0 Å². The van der Waals surface area contributed by atoms with Gasteiger partial charge in [0.05, 0.1) is 0 Å². The molecule has 1 N–H and O–H groups in total. The summed E-state index contributed by atoms with van der Waals surface area (Å²) in [6.45, 7) is 5.73. The molecule has 1 aromatic carbocycles. The second-order valence-corrected chi connectivity index (χ2v) is 4.88. The lowest BCUT2D eigenvalue weighted by atomic mass is 10.0. The monoisotopic (exact) mass is 272 g/mol. The van der Waals surface area contributed by atoms with Crippen LogP contribution in [0.3, 0.4) is 0 Å². The van der Waals surface area contributed by atoms with Gasteiger partial charge in [0.25, 0.3) is 0 Å². The third kappa shape index (κ3) is 3.87. The molecule has 0 aliphatic carbocycles. The lowest BCUT2D eigenvalue weighted by molar-refractivity contribution is 0.620. The Hall–Kier alpha value is -1.74. The van der Waals surface area contributed by atoms with Crippen molar-refractivity contribution in [1.29, 1.82) is 0 Å². The van der Waals surface area contributed by atoms with E-state index in [-0.39, 0.29) is 5.82 Å². The van der Waals surface area contributed by atoms with Gasteiger partial charge in [0.2, 0.25) is 0 Å². The Morgan fingerprint density at radius 1 is 1.10 bits per heavy atom. The Morgan fingerprint density at radius 3 is 2.60 bits per heavy atom. The van der Waals surface area contributed by atoms with Gasteiger partial charge in [0.15, 0.2) is 0 Å². The van der Waals surface area contributed by atoms with Gasteiger partial charge in [-0.25, -0.2) is 4.39 Å². The van der Waals surface area contributed by atoms with Crippen molar-refractivity contribution < 1.29 is 4.39 Å². The zero-order valence-corrected chi connectivity index (χ0v) is 12.1. The van der Waals surface area contributed by atoms with Crippen LogP contribution in [0.15, 0.2) is 36.5 Å². The van der Waals surface area contributed by atoms with Crippen LogP contribution in [0.1, 0.15) is 36.2 Å². The molecule has 0 aliphatic heterocycles. The van der Waals surface area contributed by atoms with Crippen molar-refractivity contribution in [2.24, 2.45) is 0 Å². The van der Waals surface area contributed by atoms with E-state index in [2.05, 4.69) is 29.4 Å². The molecule has 0 fully saturated rings. The number of rotatable bonds is 6. The molecule has 1 heterocycles. The maximum Gasteiger partial charge on any atom is 0.123 e. The average molecular weight is 272 g/mol. The minimum Gasteiger partial charge on any atom is -0.313 e. The van der Waals surface area contributed by atoms with E-state index in [0.717, 1.165) is 36.2 Å². The molecule has 1 aromatic heterocycles. The number of hydrogen-bond donors (Lipinski definition) is 1. The predicted octanol–water partition coefficient (Wildman–Crippen LogP) is 3.48. The molecule has 2 nitrogen and oxygen atoms in total. The normalized spacial score (nSPS) is 10.8. The summed E-state index contributed by atoms with van der Waals surface area (Å²) in [4.78, 5) is 4.47. The molecule has 0 atom stereocenters. The van der Waals surface area contributed by atoms with Crippen molar-refractivity contribution in [3.05, 3.63) is 64.7 Å². The van der Waals surface area contributed by atoms with E-state index in [1.807, 2.05) is 19.2 Å². The summed E-state index contributed by atoms with van der Waals surface area (Å²) >= 11 is 0. The van der Waals surface area contributed by atoms with Gasteiger partial charge in [0.1, 0.15) is 5.82 Å². The zero-order valence-electron chi connectivity index (χ0n) is 12.1. The first-order valence-electron chi connectivity index (χ1n) is 7.14. The van der Waals surface area contributed by atoms with Crippen molar-refractivity contribution in [3.8, 4) is 0 Å². The van der Waals surface area contributed by atoms with Gasteiger partial charge in [-0.05, 0) is 47.9 Å². The second-order valence-electron chi connectivity index (χ2n) is 4.88. The predicted molar refractivity (Wildman–Crippen MR) is 80.2 cm³/mol. The Kier molecular flexibility index (Phi) is 5.24. The molecular formula is C17H21FN2. The van der Waals surface area contributed by atoms with E-state index >= 15 is 0 Å². The number of aryl methyl sites for hydroxylation is 1. The smallest absolute Gasteiger partial charge is 0.123 e. The lowest BCUT2D eigenvalue weighted by Crippen LogP contribution is -2.14.